The summed E-state index contributed by atoms with van der Waals surface area (Å²) in [6.07, 6.45) is 2.41. The zero-order valence-corrected chi connectivity index (χ0v) is 20.8. The van der Waals surface area contributed by atoms with Crippen molar-refractivity contribution in [3.05, 3.63) is 47.2 Å². The molecule has 0 bridgehead atoms. The molecule has 11 heteroatoms. The molecular formula is C23H27N5O4S2. The van der Waals surface area contributed by atoms with Crippen molar-refractivity contribution in [3.8, 4) is 10.7 Å². The van der Waals surface area contributed by atoms with Crippen LogP contribution in [0.15, 0.2) is 45.1 Å². The van der Waals surface area contributed by atoms with Crippen LogP contribution in [0.2, 0.25) is 0 Å². The molecule has 0 saturated carbocycles. The number of benzene rings is 1. The molecule has 5 rings (SSSR count). The molecule has 1 unspecified atom stereocenters. The van der Waals surface area contributed by atoms with Gasteiger partial charge in [0.15, 0.2) is 0 Å². The number of carbonyl (C=O) groups excluding carboxylic acids is 1. The van der Waals surface area contributed by atoms with Gasteiger partial charge < -0.3 is 9.42 Å². The molecule has 0 aliphatic carbocycles. The molecule has 1 saturated heterocycles. The van der Waals surface area contributed by atoms with Gasteiger partial charge >= 0.3 is 0 Å². The maximum Gasteiger partial charge on any atom is 0.242 e. The fraction of sp³-hybridized carbons (Fsp3) is 0.435. The van der Waals surface area contributed by atoms with Crippen LogP contribution in [0.3, 0.4) is 0 Å². The van der Waals surface area contributed by atoms with Gasteiger partial charge in [-0.1, -0.05) is 11.2 Å². The second-order valence-electron chi connectivity index (χ2n) is 8.88. The third kappa shape index (κ3) is 4.40. The van der Waals surface area contributed by atoms with E-state index >= 15 is 0 Å². The number of hydrogen-bond acceptors (Lipinski definition) is 8. The summed E-state index contributed by atoms with van der Waals surface area (Å²) < 4.78 is 31.6. The van der Waals surface area contributed by atoms with Crippen molar-refractivity contribution in [2.75, 3.05) is 38.6 Å². The molecule has 2 aromatic heterocycles. The number of likely N-dealkylation sites (tertiary alicyclic amines) is 1. The number of sulfonamides is 1. The predicted molar refractivity (Wildman–Crippen MR) is 129 cm³/mol. The smallest absolute Gasteiger partial charge is 0.242 e. The van der Waals surface area contributed by atoms with Gasteiger partial charge in [-0.2, -0.15) is 4.98 Å². The zero-order valence-electron chi connectivity index (χ0n) is 19.2. The van der Waals surface area contributed by atoms with E-state index in [4.69, 9.17) is 4.52 Å². The highest BCUT2D eigenvalue weighted by Crippen LogP contribution is 2.33. The largest absolute Gasteiger partial charge is 0.338 e. The summed E-state index contributed by atoms with van der Waals surface area (Å²) in [5.41, 5.74) is 1.72. The van der Waals surface area contributed by atoms with Crippen LogP contribution in [0.25, 0.3) is 10.7 Å². The lowest BCUT2D eigenvalue weighted by atomic mass is 9.96. The van der Waals surface area contributed by atoms with E-state index in [9.17, 15) is 13.2 Å². The van der Waals surface area contributed by atoms with Crippen molar-refractivity contribution in [1.29, 1.82) is 0 Å². The van der Waals surface area contributed by atoms with Gasteiger partial charge in [0.2, 0.25) is 27.6 Å². The second kappa shape index (κ2) is 9.21. The Bertz CT molecular complexity index is 1290. The number of anilines is 1. The minimum atomic E-state index is -3.50. The highest BCUT2D eigenvalue weighted by Gasteiger charge is 2.34. The van der Waals surface area contributed by atoms with Gasteiger partial charge in [0.05, 0.1) is 22.2 Å². The standard InChI is InChI=1S/C23H27N5O4S2/c1-26(2)34(30,31)18-7-8-19-16(13-18)9-11-28(19)23(29)17-5-3-10-27(14-17)15-21-24-22(25-32-21)20-6-4-12-33-20/h4,6-8,12-13,17H,3,5,9-11,14-15H2,1-2H3. The van der Waals surface area contributed by atoms with Crippen LogP contribution in [-0.4, -0.2) is 67.4 Å². The molecule has 3 aromatic rings. The van der Waals surface area contributed by atoms with Crippen LogP contribution in [0.5, 0.6) is 0 Å². The van der Waals surface area contributed by atoms with Gasteiger partial charge in [-0.25, -0.2) is 12.7 Å². The van der Waals surface area contributed by atoms with Crippen LogP contribution >= 0.6 is 11.3 Å². The Labute approximate surface area is 203 Å². The van der Waals surface area contributed by atoms with E-state index in [-0.39, 0.29) is 16.7 Å². The van der Waals surface area contributed by atoms with E-state index in [2.05, 4.69) is 15.0 Å². The molecule has 4 heterocycles. The SMILES string of the molecule is CN(C)S(=O)(=O)c1ccc2c(c1)CCN2C(=O)C1CCCN(Cc2nc(-c3cccs3)no2)C1. The Hall–Kier alpha value is -2.60. The highest BCUT2D eigenvalue weighted by atomic mass is 32.2. The summed E-state index contributed by atoms with van der Waals surface area (Å²) >= 11 is 1.57. The third-order valence-corrected chi connectivity index (χ3v) is 9.09. The summed E-state index contributed by atoms with van der Waals surface area (Å²) in [5.74, 6) is 1.12. The fourth-order valence-corrected chi connectivity index (χ4v) is 6.22. The topological polar surface area (TPSA) is 99.9 Å². The van der Waals surface area contributed by atoms with E-state index < -0.39 is 10.0 Å². The molecule has 34 heavy (non-hydrogen) atoms. The molecule has 2 aliphatic rings. The van der Waals surface area contributed by atoms with Gasteiger partial charge in [0.1, 0.15) is 0 Å². The lowest BCUT2D eigenvalue weighted by Gasteiger charge is -2.33. The molecule has 1 fully saturated rings. The van der Waals surface area contributed by atoms with Crippen LogP contribution < -0.4 is 4.90 Å². The van der Waals surface area contributed by atoms with Gasteiger partial charge in [0.25, 0.3) is 0 Å². The fourth-order valence-electron chi connectivity index (χ4n) is 4.62. The van der Waals surface area contributed by atoms with E-state index in [1.54, 1.807) is 29.5 Å². The van der Waals surface area contributed by atoms with Crippen molar-refractivity contribution in [2.24, 2.45) is 5.92 Å². The van der Waals surface area contributed by atoms with E-state index in [0.717, 1.165) is 35.5 Å². The minimum absolute atomic E-state index is 0.0940. The quantitative estimate of drug-likeness (QED) is 0.512. The predicted octanol–water partition coefficient (Wildman–Crippen LogP) is 2.85. The van der Waals surface area contributed by atoms with Crippen LogP contribution in [0, 0.1) is 5.92 Å². The number of nitrogens with zero attached hydrogens (tertiary/aromatic N) is 5. The number of amides is 1. The lowest BCUT2D eigenvalue weighted by Crippen LogP contribution is -2.44. The highest BCUT2D eigenvalue weighted by molar-refractivity contribution is 7.89. The molecule has 0 spiro atoms. The Balaban J connectivity index is 1.26. The number of hydrogen-bond donors (Lipinski definition) is 0. The van der Waals surface area contributed by atoms with E-state index in [0.29, 0.717) is 37.8 Å². The first-order valence-corrected chi connectivity index (χ1v) is 13.6. The third-order valence-electron chi connectivity index (χ3n) is 6.41. The van der Waals surface area contributed by atoms with Crippen LogP contribution in [0.4, 0.5) is 5.69 Å². The maximum absolute atomic E-state index is 13.4. The second-order valence-corrected chi connectivity index (χ2v) is 12.0. The maximum atomic E-state index is 13.4. The average molecular weight is 502 g/mol. The molecule has 2 aliphatic heterocycles. The summed E-state index contributed by atoms with van der Waals surface area (Å²) in [6.45, 7) is 2.60. The monoisotopic (exact) mass is 501 g/mol. The van der Waals surface area contributed by atoms with Gasteiger partial charge in [-0.15, -0.1) is 11.3 Å². The van der Waals surface area contributed by atoms with E-state index in [1.807, 2.05) is 22.4 Å². The number of carbonyl (C=O) groups is 1. The van der Waals surface area contributed by atoms with Crippen molar-refractivity contribution >= 4 is 33.0 Å². The first-order chi connectivity index (χ1) is 16.3. The number of thiophene rings is 1. The van der Waals surface area contributed by atoms with Crippen molar-refractivity contribution in [2.45, 2.75) is 30.7 Å². The van der Waals surface area contributed by atoms with Crippen molar-refractivity contribution in [3.63, 3.8) is 0 Å². The van der Waals surface area contributed by atoms with Gasteiger partial charge in [-0.05, 0) is 61.0 Å². The average Bonchev–Trinajstić information content (AvgIpc) is 3.58. The Morgan fingerprint density at radius 1 is 1.26 bits per heavy atom. The molecule has 0 N–H and O–H groups in total. The summed E-state index contributed by atoms with van der Waals surface area (Å²) in [4.78, 5) is 23.2. The Morgan fingerprint density at radius 2 is 2.12 bits per heavy atom. The van der Waals surface area contributed by atoms with Gasteiger partial charge in [0, 0.05) is 32.9 Å². The Morgan fingerprint density at radius 3 is 2.88 bits per heavy atom. The van der Waals surface area contributed by atoms with E-state index in [1.165, 1.54) is 18.4 Å². The molecule has 1 aromatic carbocycles. The minimum Gasteiger partial charge on any atom is -0.338 e. The number of fused-ring (bicyclic) bond motifs is 1. The van der Waals surface area contributed by atoms with Gasteiger partial charge in [-0.3, -0.25) is 9.69 Å². The molecule has 180 valence electrons. The molecule has 0 radical (unpaired) electrons. The van der Waals surface area contributed by atoms with Crippen LogP contribution in [0.1, 0.15) is 24.3 Å². The molecular weight excluding hydrogens is 474 g/mol. The number of rotatable bonds is 6. The van der Waals surface area contributed by atoms with Crippen molar-refractivity contribution in [1.82, 2.24) is 19.3 Å². The van der Waals surface area contributed by atoms with Crippen LogP contribution in [-0.2, 0) is 27.8 Å². The summed E-state index contributed by atoms with van der Waals surface area (Å²) in [6, 6.07) is 8.97. The molecule has 9 nitrogen and oxygen atoms in total. The number of piperidine rings is 1. The molecule has 1 amide bonds. The normalized spacial score (nSPS) is 19.0. The first-order valence-electron chi connectivity index (χ1n) is 11.3. The molecule has 1 atom stereocenters. The first kappa shape index (κ1) is 23.2. The Kier molecular flexibility index (Phi) is 6.28. The zero-order chi connectivity index (χ0) is 23.9. The number of aromatic nitrogens is 2. The van der Waals surface area contributed by atoms with Crippen molar-refractivity contribution < 1.29 is 17.7 Å². The lowest BCUT2D eigenvalue weighted by molar-refractivity contribution is -0.124. The summed E-state index contributed by atoms with van der Waals surface area (Å²) in [5, 5.41) is 6.05. The summed E-state index contributed by atoms with van der Waals surface area (Å²) in [7, 11) is -0.466.